The van der Waals surface area contributed by atoms with Gasteiger partial charge in [-0.2, -0.15) is 0 Å². The molecule has 1 atom stereocenters. The molecular formula is C12H12FIN2O2. The Morgan fingerprint density at radius 2 is 2.28 bits per heavy atom. The van der Waals surface area contributed by atoms with Crippen LogP contribution in [0.5, 0.6) is 0 Å². The number of carbonyl (C=O) groups excluding carboxylic acids is 2. The molecule has 1 heterocycles. The van der Waals surface area contributed by atoms with E-state index in [9.17, 15) is 14.0 Å². The van der Waals surface area contributed by atoms with Crippen LogP contribution < -0.4 is 10.6 Å². The van der Waals surface area contributed by atoms with Crippen LogP contribution in [0.2, 0.25) is 0 Å². The molecule has 1 unspecified atom stereocenters. The fourth-order valence-electron chi connectivity index (χ4n) is 1.79. The van der Waals surface area contributed by atoms with Crippen molar-refractivity contribution in [3.05, 3.63) is 33.1 Å². The van der Waals surface area contributed by atoms with Crippen LogP contribution in [-0.2, 0) is 4.79 Å². The van der Waals surface area contributed by atoms with Gasteiger partial charge in [0.1, 0.15) is 5.82 Å². The molecule has 18 heavy (non-hydrogen) atoms. The monoisotopic (exact) mass is 362 g/mol. The van der Waals surface area contributed by atoms with Gasteiger partial charge in [-0.05, 0) is 47.2 Å². The van der Waals surface area contributed by atoms with Crippen molar-refractivity contribution in [3.8, 4) is 0 Å². The highest BCUT2D eigenvalue weighted by molar-refractivity contribution is 14.1. The van der Waals surface area contributed by atoms with Crippen molar-refractivity contribution in [2.45, 2.75) is 18.9 Å². The molecule has 2 N–H and O–H groups in total. The Labute approximate surface area is 117 Å². The van der Waals surface area contributed by atoms with Gasteiger partial charge in [0.2, 0.25) is 5.91 Å². The summed E-state index contributed by atoms with van der Waals surface area (Å²) in [6.45, 7) is 0.447. The van der Waals surface area contributed by atoms with Crippen molar-refractivity contribution < 1.29 is 14.0 Å². The van der Waals surface area contributed by atoms with Crippen LogP contribution in [0.1, 0.15) is 23.2 Å². The van der Waals surface area contributed by atoms with E-state index in [0.717, 1.165) is 0 Å². The minimum Gasteiger partial charge on any atom is -0.354 e. The summed E-state index contributed by atoms with van der Waals surface area (Å²) in [6.07, 6.45) is 1.06. The Kier molecular flexibility index (Phi) is 4.15. The topological polar surface area (TPSA) is 58.2 Å². The van der Waals surface area contributed by atoms with Crippen molar-refractivity contribution in [1.82, 2.24) is 10.6 Å². The third-order valence-electron chi connectivity index (χ3n) is 2.78. The first kappa shape index (κ1) is 13.3. The van der Waals surface area contributed by atoms with Gasteiger partial charge in [0.25, 0.3) is 5.91 Å². The molecule has 0 aliphatic carbocycles. The van der Waals surface area contributed by atoms with Gasteiger partial charge in [0.15, 0.2) is 0 Å². The lowest BCUT2D eigenvalue weighted by molar-refractivity contribution is -0.122. The number of piperidine rings is 1. The molecule has 1 fully saturated rings. The molecule has 0 radical (unpaired) electrons. The summed E-state index contributed by atoms with van der Waals surface area (Å²) >= 11 is 1.93. The van der Waals surface area contributed by atoms with E-state index in [1.165, 1.54) is 18.2 Å². The Bertz CT molecular complexity index is 483. The smallest absolute Gasteiger partial charge is 0.252 e. The van der Waals surface area contributed by atoms with E-state index in [0.29, 0.717) is 28.5 Å². The summed E-state index contributed by atoms with van der Waals surface area (Å²) in [4.78, 5) is 23.0. The fraction of sp³-hybridized carbons (Fsp3) is 0.333. The summed E-state index contributed by atoms with van der Waals surface area (Å²) in [6, 6.07) is 3.99. The number of amides is 2. The average Bonchev–Trinajstić information content (AvgIpc) is 2.32. The van der Waals surface area contributed by atoms with Crippen LogP contribution in [0.15, 0.2) is 18.2 Å². The largest absolute Gasteiger partial charge is 0.354 e. The first-order valence-corrected chi connectivity index (χ1v) is 6.67. The van der Waals surface area contributed by atoms with Crippen LogP contribution in [0, 0.1) is 9.39 Å². The molecule has 0 aromatic heterocycles. The van der Waals surface area contributed by atoms with E-state index >= 15 is 0 Å². The van der Waals surface area contributed by atoms with Crippen molar-refractivity contribution in [3.63, 3.8) is 0 Å². The van der Waals surface area contributed by atoms with E-state index in [1.54, 1.807) is 0 Å². The van der Waals surface area contributed by atoms with Crippen LogP contribution in [0.3, 0.4) is 0 Å². The molecule has 0 saturated carbocycles. The van der Waals surface area contributed by atoms with Crippen molar-refractivity contribution in [2.24, 2.45) is 0 Å². The summed E-state index contributed by atoms with van der Waals surface area (Å²) < 4.78 is 13.5. The lowest BCUT2D eigenvalue weighted by Crippen LogP contribution is -2.47. The normalized spacial score (nSPS) is 19.2. The van der Waals surface area contributed by atoms with Gasteiger partial charge in [0.05, 0.1) is 5.56 Å². The molecule has 1 aromatic rings. The van der Waals surface area contributed by atoms with E-state index in [2.05, 4.69) is 10.6 Å². The van der Waals surface area contributed by atoms with Crippen LogP contribution in [0.4, 0.5) is 4.39 Å². The number of halogens is 2. The third-order valence-corrected chi connectivity index (χ3v) is 3.67. The lowest BCUT2D eigenvalue weighted by Gasteiger charge is -2.23. The van der Waals surface area contributed by atoms with E-state index < -0.39 is 0 Å². The van der Waals surface area contributed by atoms with Gasteiger partial charge >= 0.3 is 0 Å². The number of hydrogen-bond donors (Lipinski definition) is 2. The van der Waals surface area contributed by atoms with E-state index in [1.807, 2.05) is 22.6 Å². The Morgan fingerprint density at radius 3 is 2.89 bits per heavy atom. The maximum absolute atomic E-state index is 12.9. The standard InChI is InChI=1S/C12H12FIN2O2/c13-7-1-3-9(10(14)5-7)12(18)16-8-2-4-11(17)15-6-8/h1,3,5,8H,2,4,6H2,(H,15,17)(H,16,18). The van der Waals surface area contributed by atoms with Crippen LogP contribution in [0.25, 0.3) is 0 Å². The Hall–Kier alpha value is -1.18. The summed E-state index contributed by atoms with van der Waals surface area (Å²) in [7, 11) is 0. The minimum atomic E-state index is -0.360. The number of benzene rings is 1. The second-order valence-electron chi connectivity index (χ2n) is 4.14. The van der Waals surface area contributed by atoms with Crippen LogP contribution in [-0.4, -0.2) is 24.4 Å². The molecule has 6 heteroatoms. The molecule has 0 spiro atoms. The third kappa shape index (κ3) is 3.18. The SMILES string of the molecule is O=C1CCC(NC(=O)c2ccc(F)cc2I)CN1. The number of carbonyl (C=O) groups is 2. The second-order valence-corrected chi connectivity index (χ2v) is 5.30. The first-order valence-electron chi connectivity index (χ1n) is 5.59. The molecule has 2 amide bonds. The quantitative estimate of drug-likeness (QED) is 0.783. The highest BCUT2D eigenvalue weighted by atomic mass is 127. The molecule has 1 saturated heterocycles. The zero-order chi connectivity index (χ0) is 13.1. The van der Waals surface area contributed by atoms with Crippen molar-refractivity contribution in [2.75, 3.05) is 6.54 Å². The fourth-order valence-corrected chi connectivity index (χ4v) is 2.52. The maximum Gasteiger partial charge on any atom is 0.252 e. The molecule has 1 aliphatic heterocycles. The molecule has 2 rings (SSSR count). The van der Waals surface area contributed by atoms with E-state index in [-0.39, 0.29) is 23.7 Å². The van der Waals surface area contributed by atoms with Gasteiger partial charge in [0, 0.05) is 22.6 Å². The van der Waals surface area contributed by atoms with Gasteiger partial charge in [-0.3, -0.25) is 9.59 Å². The number of hydrogen-bond acceptors (Lipinski definition) is 2. The molecule has 0 bridgehead atoms. The molecule has 1 aromatic carbocycles. The predicted molar refractivity (Wildman–Crippen MR) is 72.6 cm³/mol. The molecule has 4 nitrogen and oxygen atoms in total. The number of rotatable bonds is 2. The van der Waals surface area contributed by atoms with Crippen molar-refractivity contribution in [1.29, 1.82) is 0 Å². The average molecular weight is 362 g/mol. The second kappa shape index (κ2) is 5.64. The highest BCUT2D eigenvalue weighted by Crippen LogP contribution is 2.14. The highest BCUT2D eigenvalue weighted by Gasteiger charge is 2.21. The summed E-state index contributed by atoms with van der Waals surface area (Å²) in [5, 5.41) is 5.53. The molecular weight excluding hydrogens is 350 g/mol. The summed E-state index contributed by atoms with van der Waals surface area (Å²) in [5.41, 5.74) is 0.453. The Morgan fingerprint density at radius 1 is 1.50 bits per heavy atom. The first-order chi connectivity index (χ1) is 8.56. The Balaban J connectivity index is 2.01. The predicted octanol–water partition coefficient (Wildman–Crippen LogP) is 1.44. The van der Waals surface area contributed by atoms with Gasteiger partial charge < -0.3 is 10.6 Å². The molecule has 96 valence electrons. The zero-order valence-electron chi connectivity index (χ0n) is 9.50. The maximum atomic E-state index is 12.9. The van der Waals surface area contributed by atoms with Gasteiger partial charge in [-0.25, -0.2) is 4.39 Å². The number of nitrogens with one attached hydrogen (secondary N) is 2. The summed E-state index contributed by atoms with van der Waals surface area (Å²) in [5.74, 6) is -0.585. The lowest BCUT2D eigenvalue weighted by atomic mass is 10.1. The van der Waals surface area contributed by atoms with Crippen LogP contribution >= 0.6 is 22.6 Å². The zero-order valence-corrected chi connectivity index (χ0v) is 11.7. The van der Waals surface area contributed by atoms with E-state index in [4.69, 9.17) is 0 Å². The van der Waals surface area contributed by atoms with Gasteiger partial charge in [-0.15, -0.1) is 0 Å². The van der Waals surface area contributed by atoms with Crippen molar-refractivity contribution >= 4 is 34.4 Å². The molecule has 1 aliphatic rings. The van der Waals surface area contributed by atoms with Gasteiger partial charge in [-0.1, -0.05) is 0 Å². The minimum absolute atomic E-state index is 0.0110.